The fraction of sp³-hybridized carbons (Fsp3) is 0.389. The number of aliphatic carboxylic acids is 1. The zero-order valence-corrected chi connectivity index (χ0v) is 15.2. The van der Waals surface area contributed by atoms with Crippen molar-refractivity contribution in [1.82, 2.24) is 9.88 Å². The Labute approximate surface area is 159 Å². The van der Waals surface area contributed by atoms with Crippen LogP contribution in [0, 0.1) is 0 Å². The van der Waals surface area contributed by atoms with E-state index in [0.29, 0.717) is 36.9 Å². The van der Waals surface area contributed by atoms with Crippen LogP contribution < -0.4 is 9.47 Å². The van der Waals surface area contributed by atoms with Crippen LogP contribution in [-0.2, 0) is 20.7 Å². The molecular weight excluding hydrogens is 372 g/mol. The lowest BCUT2D eigenvalue weighted by atomic mass is 10.2. The van der Waals surface area contributed by atoms with Crippen molar-refractivity contribution < 1.29 is 28.9 Å². The Balaban J connectivity index is 1.40. The van der Waals surface area contributed by atoms with Gasteiger partial charge in [0.25, 0.3) is 0 Å². The molecule has 4 rings (SSSR count). The molecule has 8 nitrogen and oxygen atoms in total. The summed E-state index contributed by atoms with van der Waals surface area (Å²) in [5.41, 5.74) is 1.61. The summed E-state index contributed by atoms with van der Waals surface area (Å²) in [7, 11) is 0. The van der Waals surface area contributed by atoms with Gasteiger partial charge in [0.1, 0.15) is 5.01 Å². The molecular formula is C18H18N2O6S. The molecule has 0 radical (unpaired) electrons. The zero-order chi connectivity index (χ0) is 18.8. The minimum Gasteiger partial charge on any atom is -0.481 e. The number of amides is 1. The number of carboxylic acid groups (broad SMARTS) is 1. The summed E-state index contributed by atoms with van der Waals surface area (Å²) in [6.07, 6.45) is -0.380. The van der Waals surface area contributed by atoms with Crippen LogP contribution in [0.3, 0.4) is 0 Å². The third-order valence-corrected chi connectivity index (χ3v) is 5.34. The topological polar surface area (TPSA) is 98.2 Å². The Morgan fingerprint density at radius 2 is 2.15 bits per heavy atom. The van der Waals surface area contributed by atoms with E-state index in [9.17, 15) is 9.59 Å². The van der Waals surface area contributed by atoms with Crippen molar-refractivity contribution in [2.24, 2.45) is 0 Å². The second-order valence-corrected chi connectivity index (χ2v) is 7.18. The van der Waals surface area contributed by atoms with E-state index in [0.717, 1.165) is 10.6 Å². The van der Waals surface area contributed by atoms with Gasteiger partial charge in [0.05, 0.1) is 31.2 Å². The number of ether oxygens (including phenoxy) is 3. The number of carbonyl (C=O) groups is 2. The van der Waals surface area contributed by atoms with Gasteiger partial charge in [-0.1, -0.05) is 0 Å². The average Bonchev–Trinajstić information content (AvgIpc) is 3.29. The Kier molecular flexibility index (Phi) is 4.95. The first-order chi connectivity index (χ1) is 13.1. The van der Waals surface area contributed by atoms with Gasteiger partial charge in [-0.25, -0.2) is 4.98 Å². The molecule has 0 saturated carbocycles. The highest BCUT2D eigenvalue weighted by molar-refractivity contribution is 7.13. The van der Waals surface area contributed by atoms with Gasteiger partial charge in [0.2, 0.25) is 12.7 Å². The summed E-state index contributed by atoms with van der Waals surface area (Å²) in [5, 5.41) is 11.6. The molecule has 142 valence electrons. The van der Waals surface area contributed by atoms with Crippen molar-refractivity contribution in [2.75, 3.05) is 26.5 Å². The molecule has 0 spiro atoms. The molecule has 2 aromatic rings. The van der Waals surface area contributed by atoms with E-state index in [1.54, 1.807) is 4.90 Å². The van der Waals surface area contributed by atoms with E-state index in [4.69, 9.17) is 19.3 Å². The second-order valence-electron chi connectivity index (χ2n) is 6.32. The van der Waals surface area contributed by atoms with E-state index in [1.165, 1.54) is 11.3 Å². The van der Waals surface area contributed by atoms with Gasteiger partial charge in [-0.3, -0.25) is 9.59 Å². The predicted molar refractivity (Wildman–Crippen MR) is 95.9 cm³/mol. The zero-order valence-electron chi connectivity index (χ0n) is 14.4. The van der Waals surface area contributed by atoms with Crippen molar-refractivity contribution in [3.63, 3.8) is 0 Å². The molecule has 1 fully saturated rings. The SMILES string of the molecule is O=C(O)C[C@@H]1CN(C(=O)Cc2csc(-c3ccc4c(c3)OCO4)n2)CCO1. The van der Waals surface area contributed by atoms with Gasteiger partial charge in [-0.05, 0) is 18.2 Å². The monoisotopic (exact) mass is 390 g/mol. The third-order valence-electron chi connectivity index (χ3n) is 4.40. The summed E-state index contributed by atoms with van der Waals surface area (Å²) >= 11 is 1.47. The Bertz CT molecular complexity index is 867. The number of hydrogen-bond donors (Lipinski definition) is 1. The molecule has 9 heteroatoms. The van der Waals surface area contributed by atoms with Crippen LogP contribution >= 0.6 is 11.3 Å². The number of hydrogen-bond acceptors (Lipinski definition) is 7. The Hall–Kier alpha value is -2.65. The standard InChI is InChI=1S/C18H18N2O6S/c21-16(20-3-4-24-13(8-20)7-17(22)23)6-12-9-27-18(19-12)11-1-2-14-15(5-11)26-10-25-14/h1-2,5,9,13H,3-4,6-8,10H2,(H,22,23)/t13-/m1/s1. The van der Waals surface area contributed by atoms with E-state index >= 15 is 0 Å². The van der Waals surface area contributed by atoms with Gasteiger partial charge >= 0.3 is 5.97 Å². The lowest BCUT2D eigenvalue weighted by Gasteiger charge is -2.32. The van der Waals surface area contributed by atoms with Gasteiger partial charge in [-0.15, -0.1) is 11.3 Å². The number of rotatable bonds is 5. The first kappa shape index (κ1) is 17.7. The molecule has 27 heavy (non-hydrogen) atoms. The Morgan fingerprint density at radius 3 is 3.00 bits per heavy atom. The number of benzene rings is 1. The molecule has 0 bridgehead atoms. The van der Waals surface area contributed by atoms with Crippen LogP contribution in [0.5, 0.6) is 11.5 Å². The molecule has 1 amide bonds. The molecule has 3 heterocycles. The second kappa shape index (κ2) is 7.53. The van der Waals surface area contributed by atoms with Gasteiger partial charge in [0, 0.05) is 24.0 Å². The lowest BCUT2D eigenvalue weighted by Crippen LogP contribution is -2.46. The van der Waals surface area contributed by atoms with Gasteiger partial charge in [-0.2, -0.15) is 0 Å². The van der Waals surface area contributed by atoms with Crippen molar-refractivity contribution in [3.8, 4) is 22.1 Å². The van der Waals surface area contributed by atoms with Crippen LogP contribution in [0.2, 0.25) is 0 Å². The smallest absolute Gasteiger partial charge is 0.306 e. The van der Waals surface area contributed by atoms with Crippen LogP contribution in [0.4, 0.5) is 0 Å². The summed E-state index contributed by atoms with van der Waals surface area (Å²) < 4.78 is 16.1. The molecule has 1 N–H and O–H groups in total. The maximum Gasteiger partial charge on any atom is 0.306 e. The summed E-state index contributed by atoms with van der Waals surface area (Å²) in [4.78, 5) is 29.6. The number of morpholine rings is 1. The van der Waals surface area contributed by atoms with Crippen LogP contribution in [0.1, 0.15) is 12.1 Å². The van der Waals surface area contributed by atoms with Gasteiger partial charge in [0.15, 0.2) is 11.5 Å². The van der Waals surface area contributed by atoms with E-state index < -0.39 is 12.1 Å². The molecule has 1 saturated heterocycles. The van der Waals surface area contributed by atoms with E-state index in [1.807, 2.05) is 23.6 Å². The first-order valence-electron chi connectivity index (χ1n) is 8.54. The maximum atomic E-state index is 12.5. The summed E-state index contributed by atoms with van der Waals surface area (Å²) in [5.74, 6) is 0.408. The number of thiazole rings is 1. The average molecular weight is 390 g/mol. The Morgan fingerprint density at radius 1 is 1.30 bits per heavy atom. The quantitative estimate of drug-likeness (QED) is 0.831. The third kappa shape index (κ3) is 4.04. The fourth-order valence-corrected chi connectivity index (χ4v) is 3.90. The number of carbonyl (C=O) groups excluding carboxylic acids is 1. The number of carboxylic acids is 1. The van der Waals surface area contributed by atoms with E-state index in [2.05, 4.69) is 4.98 Å². The van der Waals surface area contributed by atoms with Crippen LogP contribution in [-0.4, -0.2) is 59.5 Å². The molecule has 1 atom stereocenters. The molecule has 2 aliphatic heterocycles. The maximum absolute atomic E-state index is 12.5. The number of aromatic nitrogens is 1. The van der Waals surface area contributed by atoms with Crippen molar-refractivity contribution in [2.45, 2.75) is 18.9 Å². The summed E-state index contributed by atoms with van der Waals surface area (Å²) in [6, 6.07) is 5.64. The highest BCUT2D eigenvalue weighted by atomic mass is 32.1. The van der Waals surface area contributed by atoms with Gasteiger partial charge < -0.3 is 24.2 Å². The number of fused-ring (bicyclic) bond motifs is 1. The van der Waals surface area contributed by atoms with Crippen molar-refractivity contribution in [1.29, 1.82) is 0 Å². The molecule has 0 unspecified atom stereocenters. The van der Waals surface area contributed by atoms with Crippen LogP contribution in [0.15, 0.2) is 23.6 Å². The summed E-state index contributed by atoms with van der Waals surface area (Å²) in [6.45, 7) is 1.33. The van der Waals surface area contributed by atoms with Crippen LogP contribution in [0.25, 0.3) is 10.6 Å². The molecule has 0 aliphatic carbocycles. The predicted octanol–water partition coefficient (Wildman–Crippen LogP) is 1.78. The lowest BCUT2D eigenvalue weighted by molar-refractivity contribution is -0.147. The molecule has 1 aromatic heterocycles. The first-order valence-corrected chi connectivity index (χ1v) is 9.42. The minimum absolute atomic E-state index is 0.0729. The normalized spacial score (nSPS) is 18.5. The highest BCUT2D eigenvalue weighted by Crippen LogP contribution is 2.36. The number of nitrogens with zero attached hydrogens (tertiary/aromatic N) is 2. The molecule has 2 aliphatic rings. The minimum atomic E-state index is -0.929. The van der Waals surface area contributed by atoms with Crippen molar-refractivity contribution in [3.05, 3.63) is 29.3 Å². The van der Waals surface area contributed by atoms with Crippen molar-refractivity contribution >= 4 is 23.2 Å². The molecule has 1 aromatic carbocycles. The largest absolute Gasteiger partial charge is 0.481 e. The van der Waals surface area contributed by atoms with E-state index in [-0.39, 0.29) is 25.5 Å². The highest BCUT2D eigenvalue weighted by Gasteiger charge is 2.26. The fourth-order valence-electron chi connectivity index (χ4n) is 3.08.